The second-order valence-corrected chi connectivity index (χ2v) is 7.29. The minimum atomic E-state index is -0.975. The molecule has 0 saturated carbocycles. The average Bonchev–Trinajstić information content (AvgIpc) is 2.65. The summed E-state index contributed by atoms with van der Waals surface area (Å²) in [5, 5.41) is 7.85. The number of amides is 3. The molecule has 0 radical (unpaired) electrons. The Morgan fingerprint density at radius 3 is 2.29 bits per heavy atom. The Balaban J connectivity index is 1.92. The lowest BCUT2D eigenvalue weighted by molar-refractivity contribution is -0.146. The van der Waals surface area contributed by atoms with Gasteiger partial charge in [-0.05, 0) is 17.9 Å². The summed E-state index contributed by atoms with van der Waals surface area (Å²) >= 11 is 0. The van der Waals surface area contributed by atoms with Crippen LogP contribution in [0.4, 0.5) is 0 Å². The minimum absolute atomic E-state index is 0.167. The molecule has 8 heteroatoms. The molecule has 0 aromatic heterocycles. The van der Waals surface area contributed by atoms with Crippen molar-refractivity contribution in [3.8, 4) is 0 Å². The molecule has 1 aromatic carbocycles. The van der Waals surface area contributed by atoms with Crippen LogP contribution in [0.5, 0.6) is 0 Å². The van der Waals surface area contributed by atoms with Gasteiger partial charge in [-0.15, -0.1) is 0 Å². The van der Waals surface area contributed by atoms with E-state index in [-0.39, 0.29) is 18.2 Å². The molecule has 0 bridgehead atoms. The monoisotopic (exact) mass is 389 g/mol. The summed E-state index contributed by atoms with van der Waals surface area (Å²) in [6, 6.07) is 6.90. The first-order chi connectivity index (χ1) is 13.3. The van der Waals surface area contributed by atoms with Gasteiger partial charge in [0.1, 0.15) is 18.1 Å². The van der Waals surface area contributed by atoms with Crippen molar-refractivity contribution in [2.45, 2.75) is 51.2 Å². The number of hydrogen-bond acceptors (Lipinski definition) is 5. The van der Waals surface area contributed by atoms with Gasteiger partial charge in [0.15, 0.2) is 0 Å². The van der Waals surface area contributed by atoms with Gasteiger partial charge in [-0.2, -0.15) is 0 Å². The van der Waals surface area contributed by atoms with Crippen molar-refractivity contribution in [1.82, 2.24) is 16.0 Å². The van der Waals surface area contributed by atoms with Crippen molar-refractivity contribution in [2.75, 3.05) is 7.11 Å². The van der Waals surface area contributed by atoms with E-state index in [1.54, 1.807) is 0 Å². The molecule has 1 aromatic rings. The van der Waals surface area contributed by atoms with Gasteiger partial charge in [-0.25, -0.2) is 4.79 Å². The minimum Gasteiger partial charge on any atom is -0.467 e. The van der Waals surface area contributed by atoms with E-state index in [0.717, 1.165) is 5.56 Å². The Labute approximate surface area is 164 Å². The molecule has 1 aliphatic rings. The van der Waals surface area contributed by atoms with Gasteiger partial charge in [-0.1, -0.05) is 44.2 Å². The maximum Gasteiger partial charge on any atom is 0.328 e. The van der Waals surface area contributed by atoms with Crippen LogP contribution in [0.1, 0.15) is 32.3 Å². The molecule has 152 valence electrons. The van der Waals surface area contributed by atoms with Crippen LogP contribution in [0, 0.1) is 5.92 Å². The number of esters is 1. The fourth-order valence-corrected chi connectivity index (χ4v) is 3.08. The SMILES string of the molecule is COC(=O)[C@@H](CC(C)C)NC(=O)C[C@@H]1NC(=O)[C@H](Cc2ccccc2)NC1=O. The zero-order valence-corrected chi connectivity index (χ0v) is 16.4. The summed E-state index contributed by atoms with van der Waals surface area (Å²) in [5.41, 5.74) is 0.925. The van der Waals surface area contributed by atoms with Crippen molar-refractivity contribution in [3.05, 3.63) is 35.9 Å². The van der Waals surface area contributed by atoms with Crippen LogP contribution < -0.4 is 16.0 Å². The number of piperazine rings is 1. The third-order valence-electron chi connectivity index (χ3n) is 4.47. The van der Waals surface area contributed by atoms with Crippen molar-refractivity contribution in [1.29, 1.82) is 0 Å². The highest BCUT2D eigenvalue weighted by Gasteiger charge is 2.35. The van der Waals surface area contributed by atoms with Crippen LogP contribution in [0.3, 0.4) is 0 Å². The highest BCUT2D eigenvalue weighted by atomic mass is 16.5. The van der Waals surface area contributed by atoms with E-state index in [9.17, 15) is 19.2 Å². The molecule has 3 atom stereocenters. The van der Waals surface area contributed by atoms with Gasteiger partial charge in [0.2, 0.25) is 17.7 Å². The Morgan fingerprint density at radius 1 is 1.07 bits per heavy atom. The first kappa shape index (κ1) is 21.4. The number of benzene rings is 1. The fraction of sp³-hybridized carbons (Fsp3) is 0.500. The van der Waals surface area contributed by atoms with Crippen molar-refractivity contribution >= 4 is 23.7 Å². The van der Waals surface area contributed by atoms with Crippen molar-refractivity contribution < 1.29 is 23.9 Å². The quantitative estimate of drug-likeness (QED) is 0.554. The molecule has 2 rings (SSSR count). The molecular formula is C20H27N3O5. The lowest BCUT2D eigenvalue weighted by atomic mass is 10.00. The molecule has 0 spiro atoms. The van der Waals surface area contributed by atoms with E-state index in [1.807, 2.05) is 44.2 Å². The smallest absolute Gasteiger partial charge is 0.328 e. The number of hydrogen-bond donors (Lipinski definition) is 3. The highest BCUT2D eigenvalue weighted by Crippen LogP contribution is 2.10. The Kier molecular flexibility index (Phi) is 7.54. The summed E-state index contributed by atoms with van der Waals surface area (Å²) in [4.78, 5) is 48.8. The first-order valence-corrected chi connectivity index (χ1v) is 9.32. The van der Waals surface area contributed by atoms with Crippen LogP contribution in [-0.2, 0) is 30.3 Å². The summed E-state index contributed by atoms with van der Waals surface area (Å²) in [6.07, 6.45) is 0.540. The van der Waals surface area contributed by atoms with E-state index in [1.165, 1.54) is 7.11 Å². The standard InChI is InChI=1S/C20H27N3O5/c1-12(2)9-16(20(27)28-3)21-17(24)11-15-19(26)22-14(18(25)23-15)10-13-7-5-4-6-8-13/h4-8,12,14-16H,9-11H2,1-3H3,(H,21,24)(H,22,26)(H,23,25)/t14-,15-,16+/m0/s1. The predicted octanol–water partition coefficient (Wildman–Crippen LogP) is 0.306. The summed E-state index contributed by atoms with van der Waals surface area (Å²) in [6.45, 7) is 3.84. The fourth-order valence-electron chi connectivity index (χ4n) is 3.08. The summed E-state index contributed by atoms with van der Waals surface area (Å²) < 4.78 is 4.71. The molecular weight excluding hydrogens is 362 g/mol. The molecule has 1 fully saturated rings. The molecule has 1 saturated heterocycles. The van der Waals surface area contributed by atoms with Crippen LogP contribution in [0.25, 0.3) is 0 Å². The molecule has 28 heavy (non-hydrogen) atoms. The van der Waals surface area contributed by atoms with Gasteiger partial charge < -0.3 is 20.7 Å². The number of ether oxygens (including phenoxy) is 1. The van der Waals surface area contributed by atoms with Gasteiger partial charge in [0.25, 0.3) is 0 Å². The molecule has 3 N–H and O–H groups in total. The zero-order valence-electron chi connectivity index (χ0n) is 16.4. The normalized spacial score (nSPS) is 20.1. The third kappa shape index (κ3) is 6.07. The number of methoxy groups -OCH3 is 1. The van der Waals surface area contributed by atoms with Crippen LogP contribution in [0.2, 0.25) is 0 Å². The molecule has 0 aliphatic carbocycles. The van der Waals surface area contributed by atoms with Crippen LogP contribution >= 0.6 is 0 Å². The lowest BCUT2D eigenvalue weighted by Gasteiger charge is -2.29. The van der Waals surface area contributed by atoms with Crippen LogP contribution in [-0.4, -0.2) is 48.9 Å². The van der Waals surface area contributed by atoms with E-state index >= 15 is 0 Å². The van der Waals surface area contributed by atoms with E-state index in [4.69, 9.17) is 4.74 Å². The lowest BCUT2D eigenvalue weighted by Crippen LogP contribution is -2.63. The molecule has 8 nitrogen and oxygen atoms in total. The molecule has 1 aliphatic heterocycles. The average molecular weight is 389 g/mol. The van der Waals surface area contributed by atoms with E-state index in [2.05, 4.69) is 16.0 Å². The van der Waals surface area contributed by atoms with Gasteiger partial charge >= 0.3 is 5.97 Å². The summed E-state index contributed by atoms with van der Waals surface area (Å²) in [7, 11) is 1.25. The predicted molar refractivity (Wildman–Crippen MR) is 102 cm³/mol. The van der Waals surface area contributed by atoms with Crippen LogP contribution in [0.15, 0.2) is 30.3 Å². The van der Waals surface area contributed by atoms with Gasteiger partial charge in [0, 0.05) is 6.42 Å². The van der Waals surface area contributed by atoms with Crippen molar-refractivity contribution in [2.24, 2.45) is 5.92 Å². The molecule has 3 amide bonds. The number of carbonyl (C=O) groups is 4. The maximum absolute atomic E-state index is 12.3. The van der Waals surface area contributed by atoms with Gasteiger partial charge in [0.05, 0.1) is 13.5 Å². The second kappa shape index (κ2) is 9.87. The zero-order chi connectivity index (χ0) is 20.7. The van der Waals surface area contributed by atoms with E-state index < -0.39 is 35.9 Å². The summed E-state index contributed by atoms with van der Waals surface area (Å²) in [5.74, 6) is -1.64. The Bertz CT molecular complexity index is 720. The Morgan fingerprint density at radius 2 is 1.68 bits per heavy atom. The first-order valence-electron chi connectivity index (χ1n) is 9.32. The van der Waals surface area contributed by atoms with Gasteiger partial charge in [-0.3, -0.25) is 14.4 Å². The third-order valence-corrected chi connectivity index (χ3v) is 4.47. The van der Waals surface area contributed by atoms with Crippen molar-refractivity contribution in [3.63, 3.8) is 0 Å². The topological polar surface area (TPSA) is 114 Å². The number of nitrogens with one attached hydrogen (secondary N) is 3. The van der Waals surface area contributed by atoms with E-state index in [0.29, 0.717) is 12.8 Å². The molecule has 1 heterocycles. The molecule has 0 unspecified atom stereocenters. The number of carbonyl (C=O) groups excluding carboxylic acids is 4. The largest absolute Gasteiger partial charge is 0.467 e. The second-order valence-electron chi connectivity index (χ2n) is 7.29. The Hall–Kier alpha value is -2.90. The highest BCUT2D eigenvalue weighted by molar-refractivity contribution is 5.99. The maximum atomic E-state index is 12.3. The number of rotatable bonds is 8.